The summed E-state index contributed by atoms with van der Waals surface area (Å²) in [6.45, 7) is 5.98. The number of aryl methyl sites for hydroxylation is 1. The van der Waals surface area contributed by atoms with Crippen molar-refractivity contribution in [2.75, 3.05) is 13.2 Å². The zero-order valence-electron chi connectivity index (χ0n) is 19.1. The Morgan fingerprint density at radius 2 is 1.74 bits per heavy atom. The van der Waals surface area contributed by atoms with Crippen molar-refractivity contribution in [2.45, 2.75) is 20.8 Å². The Hall–Kier alpha value is -3.65. The van der Waals surface area contributed by atoms with Gasteiger partial charge in [-0.25, -0.2) is 10.2 Å². The number of nitrogens with one attached hydrogen (secondary N) is 1. The van der Waals surface area contributed by atoms with Crippen molar-refractivity contribution in [3.8, 4) is 17.2 Å². The Kier molecular flexibility index (Phi) is 8.81. The summed E-state index contributed by atoms with van der Waals surface area (Å²) < 4.78 is 17.6. The van der Waals surface area contributed by atoms with Crippen LogP contribution in [0.2, 0.25) is 0 Å². The van der Waals surface area contributed by atoms with Crippen molar-refractivity contribution in [2.24, 2.45) is 5.10 Å². The highest BCUT2D eigenvalue weighted by Gasteiger charge is 2.13. The average Bonchev–Trinajstić information content (AvgIpc) is 2.82. The predicted octanol–water partition coefficient (Wildman–Crippen LogP) is 5.21. The second-order valence-corrected chi connectivity index (χ2v) is 8.23. The van der Waals surface area contributed by atoms with E-state index in [1.54, 1.807) is 42.5 Å². The molecule has 0 aromatic heterocycles. The van der Waals surface area contributed by atoms with Crippen LogP contribution in [-0.2, 0) is 4.79 Å². The van der Waals surface area contributed by atoms with E-state index in [0.717, 1.165) is 15.6 Å². The van der Waals surface area contributed by atoms with Crippen molar-refractivity contribution in [3.05, 3.63) is 87.4 Å². The molecule has 0 atom stereocenters. The van der Waals surface area contributed by atoms with Crippen molar-refractivity contribution >= 4 is 34.0 Å². The van der Waals surface area contributed by atoms with Crippen LogP contribution in [0.4, 0.5) is 0 Å². The fourth-order valence-electron chi connectivity index (χ4n) is 2.94. The summed E-state index contributed by atoms with van der Waals surface area (Å²) in [6, 6.07) is 17.5. The Morgan fingerprint density at radius 1 is 0.971 bits per heavy atom. The average molecular weight is 525 g/mol. The highest BCUT2D eigenvalue weighted by atomic mass is 79.9. The number of carbonyl (C=O) groups excluding carboxylic acids is 2. The molecule has 1 amide bonds. The lowest BCUT2D eigenvalue weighted by molar-refractivity contribution is -0.123. The van der Waals surface area contributed by atoms with Crippen LogP contribution in [0.1, 0.15) is 34.0 Å². The molecule has 3 aromatic carbocycles. The first-order chi connectivity index (χ1) is 16.4. The van der Waals surface area contributed by atoms with Gasteiger partial charge in [0.05, 0.1) is 18.4 Å². The smallest absolute Gasteiger partial charge is 0.343 e. The van der Waals surface area contributed by atoms with Crippen LogP contribution in [0.25, 0.3) is 0 Å². The Bertz CT molecular complexity index is 1190. The largest absolute Gasteiger partial charge is 0.490 e. The molecule has 0 heterocycles. The number of esters is 1. The van der Waals surface area contributed by atoms with E-state index in [4.69, 9.17) is 14.2 Å². The van der Waals surface area contributed by atoms with Crippen LogP contribution in [0.3, 0.4) is 0 Å². The van der Waals surface area contributed by atoms with Gasteiger partial charge in [0.2, 0.25) is 0 Å². The first kappa shape index (κ1) is 25.0. The van der Waals surface area contributed by atoms with E-state index in [1.807, 2.05) is 39.0 Å². The summed E-state index contributed by atoms with van der Waals surface area (Å²) in [6.07, 6.45) is 1.47. The van der Waals surface area contributed by atoms with Crippen molar-refractivity contribution in [1.29, 1.82) is 0 Å². The molecule has 0 radical (unpaired) electrons. The molecule has 3 aromatic rings. The lowest BCUT2D eigenvalue weighted by Crippen LogP contribution is -2.24. The summed E-state index contributed by atoms with van der Waals surface area (Å²) in [7, 11) is 0. The molecule has 8 heteroatoms. The molecule has 1 N–H and O–H groups in total. The van der Waals surface area contributed by atoms with Gasteiger partial charge in [0.25, 0.3) is 5.91 Å². The van der Waals surface area contributed by atoms with Crippen LogP contribution in [0.5, 0.6) is 17.2 Å². The summed E-state index contributed by atoms with van der Waals surface area (Å²) in [5, 5.41) is 3.97. The van der Waals surface area contributed by atoms with Gasteiger partial charge in [0.1, 0.15) is 5.75 Å². The van der Waals surface area contributed by atoms with Crippen LogP contribution in [0, 0.1) is 13.8 Å². The number of rotatable bonds is 9. The zero-order valence-corrected chi connectivity index (χ0v) is 20.7. The molecule has 0 aliphatic rings. The monoisotopic (exact) mass is 524 g/mol. The Balaban J connectivity index is 1.60. The molecule has 0 spiro atoms. The van der Waals surface area contributed by atoms with Gasteiger partial charge in [-0.1, -0.05) is 28.1 Å². The summed E-state index contributed by atoms with van der Waals surface area (Å²) >= 11 is 3.34. The van der Waals surface area contributed by atoms with Gasteiger partial charge in [-0.3, -0.25) is 4.79 Å². The summed E-state index contributed by atoms with van der Waals surface area (Å²) in [5.74, 6) is 0.460. The molecule has 0 bridgehead atoms. The zero-order chi connectivity index (χ0) is 24.5. The molecule has 0 fully saturated rings. The van der Waals surface area contributed by atoms with Crippen LogP contribution in [0.15, 0.2) is 70.2 Å². The topological polar surface area (TPSA) is 86.2 Å². The van der Waals surface area contributed by atoms with E-state index >= 15 is 0 Å². The Morgan fingerprint density at radius 3 is 2.47 bits per heavy atom. The lowest BCUT2D eigenvalue weighted by atomic mass is 10.1. The molecule has 34 heavy (non-hydrogen) atoms. The molecule has 0 aliphatic carbocycles. The van der Waals surface area contributed by atoms with E-state index in [1.165, 1.54) is 6.21 Å². The summed E-state index contributed by atoms with van der Waals surface area (Å²) in [5.41, 5.74) is 5.59. The molecule has 0 aliphatic heterocycles. The normalized spacial score (nSPS) is 10.7. The van der Waals surface area contributed by atoms with Gasteiger partial charge in [-0.05, 0) is 86.0 Å². The maximum Gasteiger partial charge on any atom is 0.343 e. The number of hydrazone groups is 1. The second kappa shape index (κ2) is 12.0. The molecule has 0 saturated heterocycles. The molecule has 0 saturated carbocycles. The first-order valence-electron chi connectivity index (χ1n) is 10.6. The predicted molar refractivity (Wildman–Crippen MR) is 134 cm³/mol. The van der Waals surface area contributed by atoms with E-state index in [-0.39, 0.29) is 18.3 Å². The highest BCUT2D eigenvalue weighted by Crippen LogP contribution is 2.29. The van der Waals surface area contributed by atoms with Gasteiger partial charge in [0, 0.05) is 4.47 Å². The fraction of sp³-hybridized carbons (Fsp3) is 0.192. The SMILES string of the molecule is CCOc1cc(/C=N/NC(=O)COc2cccc(C)c2C)ccc1OC(=O)c1ccc(Br)cc1. The second-order valence-electron chi connectivity index (χ2n) is 7.32. The molecular weight excluding hydrogens is 500 g/mol. The van der Waals surface area contributed by atoms with Crippen molar-refractivity contribution < 1.29 is 23.8 Å². The van der Waals surface area contributed by atoms with Crippen LogP contribution < -0.4 is 19.6 Å². The minimum absolute atomic E-state index is 0.156. The van der Waals surface area contributed by atoms with E-state index in [2.05, 4.69) is 26.5 Å². The minimum atomic E-state index is -0.494. The minimum Gasteiger partial charge on any atom is -0.490 e. The molecule has 0 unspecified atom stereocenters. The van der Waals surface area contributed by atoms with Crippen LogP contribution in [-0.4, -0.2) is 31.3 Å². The Labute approximate surface area is 206 Å². The molecule has 176 valence electrons. The highest BCUT2D eigenvalue weighted by molar-refractivity contribution is 9.10. The van der Waals surface area contributed by atoms with Crippen LogP contribution >= 0.6 is 15.9 Å². The van der Waals surface area contributed by atoms with E-state index < -0.39 is 5.97 Å². The third-order valence-electron chi connectivity index (χ3n) is 4.87. The number of hydrogen-bond acceptors (Lipinski definition) is 6. The molecule has 3 rings (SSSR count). The number of ether oxygens (including phenoxy) is 3. The van der Waals surface area contributed by atoms with Crippen molar-refractivity contribution in [1.82, 2.24) is 5.43 Å². The van der Waals surface area contributed by atoms with E-state index in [0.29, 0.717) is 29.2 Å². The fourth-order valence-corrected chi connectivity index (χ4v) is 3.20. The number of carbonyl (C=O) groups is 2. The number of nitrogens with zero attached hydrogens (tertiary/aromatic N) is 1. The van der Waals surface area contributed by atoms with Crippen molar-refractivity contribution in [3.63, 3.8) is 0 Å². The first-order valence-corrected chi connectivity index (χ1v) is 11.4. The van der Waals surface area contributed by atoms with Gasteiger partial charge in [-0.15, -0.1) is 0 Å². The van der Waals surface area contributed by atoms with Gasteiger partial charge < -0.3 is 14.2 Å². The quantitative estimate of drug-likeness (QED) is 0.179. The summed E-state index contributed by atoms with van der Waals surface area (Å²) in [4.78, 5) is 24.5. The third-order valence-corrected chi connectivity index (χ3v) is 5.40. The van der Waals surface area contributed by atoms with Gasteiger partial charge in [-0.2, -0.15) is 5.10 Å². The lowest BCUT2D eigenvalue weighted by Gasteiger charge is -2.11. The maximum absolute atomic E-state index is 12.4. The van der Waals surface area contributed by atoms with Gasteiger partial charge >= 0.3 is 5.97 Å². The van der Waals surface area contributed by atoms with E-state index in [9.17, 15) is 9.59 Å². The number of amides is 1. The number of halogens is 1. The van der Waals surface area contributed by atoms with Gasteiger partial charge in [0.15, 0.2) is 18.1 Å². The molecule has 7 nitrogen and oxygen atoms in total. The number of hydrogen-bond donors (Lipinski definition) is 1. The standard InChI is InChI=1S/C26H25BrN2O5/c1-4-32-24-14-19(8-13-23(24)34-26(31)20-9-11-21(27)12-10-20)15-28-29-25(30)16-33-22-7-5-6-17(2)18(22)3/h5-15H,4,16H2,1-3H3,(H,29,30)/b28-15+. The molecular formula is C26H25BrN2O5. The number of benzene rings is 3. The maximum atomic E-state index is 12.4. The third kappa shape index (κ3) is 6.92.